The summed E-state index contributed by atoms with van der Waals surface area (Å²) in [6, 6.07) is 14.8. The van der Waals surface area contributed by atoms with E-state index in [1.54, 1.807) is 36.7 Å². The number of hydrogen-bond acceptors (Lipinski definition) is 3. The topological polar surface area (TPSA) is 55.2 Å². The molecule has 6 heteroatoms. The van der Waals surface area contributed by atoms with E-state index in [4.69, 9.17) is 11.6 Å². The number of fused-ring (bicyclic) bond motifs is 4. The van der Waals surface area contributed by atoms with Crippen LogP contribution in [0, 0.1) is 5.92 Å². The molecule has 5 nitrogen and oxygen atoms in total. The molecule has 1 amide bonds. The molecule has 2 aromatic heterocycles. The molecule has 0 spiro atoms. The molecule has 4 heterocycles. The van der Waals surface area contributed by atoms with Gasteiger partial charge in [-0.1, -0.05) is 23.7 Å². The first-order valence-corrected chi connectivity index (χ1v) is 10.2. The Morgan fingerprint density at radius 3 is 2.48 bits per heavy atom. The van der Waals surface area contributed by atoms with Crippen LogP contribution in [0.25, 0.3) is 11.1 Å². The third-order valence-electron chi connectivity index (χ3n) is 5.97. The standard InChI is InChI=1S/C23H20ClN3O2/c24-19-3-1-16(2-4-19)20-5-6-21-18-11-15(13-27(21)23(20)29)12-26(14-18)22(28)17-7-9-25-10-8-17/h1-10,15,18H,11-14H2. The molecule has 1 saturated heterocycles. The van der Waals surface area contributed by atoms with Crippen LogP contribution in [0.5, 0.6) is 0 Å². The van der Waals surface area contributed by atoms with Crippen LogP contribution in [-0.4, -0.2) is 33.4 Å². The van der Waals surface area contributed by atoms with Crippen LogP contribution in [0.2, 0.25) is 5.02 Å². The molecular weight excluding hydrogens is 386 g/mol. The number of piperidine rings is 1. The summed E-state index contributed by atoms with van der Waals surface area (Å²) < 4.78 is 1.91. The minimum atomic E-state index is 0.0356. The lowest BCUT2D eigenvalue weighted by atomic mass is 9.82. The van der Waals surface area contributed by atoms with E-state index >= 15 is 0 Å². The predicted octanol–water partition coefficient (Wildman–Crippen LogP) is 3.82. The molecule has 2 unspecified atom stereocenters. The summed E-state index contributed by atoms with van der Waals surface area (Å²) in [5, 5.41) is 0.653. The van der Waals surface area contributed by atoms with Gasteiger partial charge in [0.25, 0.3) is 11.5 Å². The highest BCUT2D eigenvalue weighted by atomic mass is 35.5. The second-order valence-electron chi connectivity index (χ2n) is 7.84. The van der Waals surface area contributed by atoms with Crippen LogP contribution in [0.1, 0.15) is 28.4 Å². The van der Waals surface area contributed by atoms with Gasteiger partial charge in [-0.15, -0.1) is 0 Å². The first-order valence-electron chi connectivity index (χ1n) is 9.79. The van der Waals surface area contributed by atoms with E-state index in [0.29, 0.717) is 35.8 Å². The van der Waals surface area contributed by atoms with Gasteiger partial charge >= 0.3 is 0 Å². The molecule has 29 heavy (non-hydrogen) atoms. The summed E-state index contributed by atoms with van der Waals surface area (Å²) >= 11 is 5.98. The molecule has 2 atom stereocenters. The first-order chi connectivity index (χ1) is 14.1. The van der Waals surface area contributed by atoms with Gasteiger partial charge in [0, 0.05) is 59.8 Å². The van der Waals surface area contributed by atoms with E-state index in [1.807, 2.05) is 33.7 Å². The minimum absolute atomic E-state index is 0.0356. The largest absolute Gasteiger partial charge is 0.338 e. The molecule has 1 fully saturated rings. The number of benzene rings is 1. The van der Waals surface area contributed by atoms with Gasteiger partial charge in [0.2, 0.25) is 0 Å². The first kappa shape index (κ1) is 18.1. The van der Waals surface area contributed by atoms with Crippen LogP contribution in [0.3, 0.4) is 0 Å². The minimum Gasteiger partial charge on any atom is -0.338 e. The molecular formula is C23H20ClN3O2. The van der Waals surface area contributed by atoms with Crippen molar-refractivity contribution in [3.8, 4) is 11.1 Å². The molecule has 0 aliphatic carbocycles. The van der Waals surface area contributed by atoms with Crippen molar-refractivity contribution in [1.82, 2.24) is 14.5 Å². The summed E-state index contributed by atoms with van der Waals surface area (Å²) in [5.41, 5.74) is 3.29. The number of likely N-dealkylation sites (tertiary alicyclic amines) is 1. The van der Waals surface area contributed by atoms with E-state index in [2.05, 4.69) is 4.98 Å². The quantitative estimate of drug-likeness (QED) is 0.651. The Hall–Kier alpha value is -2.92. The van der Waals surface area contributed by atoms with Gasteiger partial charge in [0.05, 0.1) is 0 Å². The Morgan fingerprint density at radius 2 is 1.72 bits per heavy atom. The fourth-order valence-corrected chi connectivity index (χ4v) is 4.76. The zero-order valence-electron chi connectivity index (χ0n) is 15.8. The number of carbonyl (C=O) groups is 1. The summed E-state index contributed by atoms with van der Waals surface area (Å²) in [6.45, 7) is 1.96. The maximum Gasteiger partial charge on any atom is 0.258 e. The SMILES string of the molecule is O=C(c1ccncc1)N1CC2CC(C1)c1ccc(-c3ccc(Cl)cc3)c(=O)n1C2. The van der Waals surface area contributed by atoms with Crippen molar-refractivity contribution in [2.45, 2.75) is 18.9 Å². The molecule has 3 aromatic rings. The number of carbonyl (C=O) groups excluding carboxylic acids is 1. The molecule has 0 saturated carbocycles. The smallest absolute Gasteiger partial charge is 0.258 e. The Kier molecular flexibility index (Phi) is 4.47. The van der Waals surface area contributed by atoms with Gasteiger partial charge in [0.1, 0.15) is 0 Å². The van der Waals surface area contributed by atoms with Crippen LogP contribution < -0.4 is 5.56 Å². The Balaban J connectivity index is 1.46. The van der Waals surface area contributed by atoms with E-state index in [-0.39, 0.29) is 23.3 Å². The van der Waals surface area contributed by atoms with Crippen molar-refractivity contribution in [2.24, 2.45) is 5.92 Å². The van der Waals surface area contributed by atoms with Crippen molar-refractivity contribution < 1.29 is 4.79 Å². The third-order valence-corrected chi connectivity index (χ3v) is 6.23. The van der Waals surface area contributed by atoms with E-state index < -0.39 is 0 Å². The van der Waals surface area contributed by atoms with Crippen LogP contribution in [-0.2, 0) is 6.54 Å². The summed E-state index contributed by atoms with van der Waals surface area (Å²) in [7, 11) is 0. The highest BCUT2D eigenvalue weighted by Crippen LogP contribution is 2.36. The van der Waals surface area contributed by atoms with E-state index in [1.165, 1.54) is 0 Å². The van der Waals surface area contributed by atoms with Gasteiger partial charge in [-0.05, 0) is 54.3 Å². The van der Waals surface area contributed by atoms with Crippen molar-refractivity contribution in [3.05, 3.63) is 87.6 Å². The lowest BCUT2D eigenvalue weighted by molar-refractivity contribution is 0.0594. The Labute approximate surface area is 173 Å². The zero-order chi connectivity index (χ0) is 20.0. The molecule has 2 aliphatic rings. The van der Waals surface area contributed by atoms with Crippen LogP contribution in [0.15, 0.2) is 65.7 Å². The average molecular weight is 406 g/mol. The average Bonchev–Trinajstić information content (AvgIpc) is 2.75. The highest BCUT2D eigenvalue weighted by Gasteiger charge is 2.36. The lowest BCUT2D eigenvalue weighted by Gasteiger charge is -2.43. The number of aromatic nitrogens is 2. The number of rotatable bonds is 2. The molecule has 2 bridgehead atoms. The van der Waals surface area contributed by atoms with Crippen molar-refractivity contribution in [1.29, 1.82) is 0 Å². The lowest BCUT2D eigenvalue weighted by Crippen LogP contribution is -2.49. The predicted molar refractivity (Wildman–Crippen MR) is 112 cm³/mol. The summed E-state index contributed by atoms with van der Waals surface area (Å²) in [5.74, 6) is 0.501. The maximum atomic E-state index is 13.2. The number of amides is 1. The van der Waals surface area contributed by atoms with E-state index in [0.717, 1.165) is 17.7 Å². The normalized spacial score (nSPS) is 20.2. The number of nitrogens with zero attached hydrogens (tertiary/aromatic N) is 3. The number of halogens is 1. The van der Waals surface area contributed by atoms with Crippen LogP contribution >= 0.6 is 11.6 Å². The zero-order valence-corrected chi connectivity index (χ0v) is 16.5. The van der Waals surface area contributed by atoms with Gasteiger partial charge in [-0.25, -0.2) is 0 Å². The maximum absolute atomic E-state index is 13.2. The van der Waals surface area contributed by atoms with Gasteiger partial charge in [0.15, 0.2) is 0 Å². The molecule has 0 radical (unpaired) electrons. The van der Waals surface area contributed by atoms with Gasteiger partial charge < -0.3 is 9.47 Å². The fourth-order valence-electron chi connectivity index (χ4n) is 4.64. The second-order valence-corrected chi connectivity index (χ2v) is 8.28. The van der Waals surface area contributed by atoms with Crippen molar-refractivity contribution >= 4 is 17.5 Å². The van der Waals surface area contributed by atoms with Gasteiger partial charge in [-0.3, -0.25) is 14.6 Å². The second kappa shape index (κ2) is 7.16. The highest BCUT2D eigenvalue weighted by molar-refractivity contribution is 6.30. The van der Waals surface area contributed by atoms with Crippen LogP contribution in [0.4, 0.5) is 0 Å². The summed E-state index contributed by atoms with van der Waals surface area (Å²) in [4.78, 5) is 32.0. The molecule has 1 aromatic carbocycles. The van der Waals surface area contributed by atoms with Crippen molar-refractivity contribution in [2.75, 3.05) is 13.1 Å². The summed E-state index contributed by atoms with van der Waals surface area (Å²) in [6.07, 6.45) is 4.30. The monoisotopic (exact) mass is 405 g/mol. The molecule has 146 valence electrons. The number of pyridine rings is 2. The van der Waals surface area contributed by atoms with Gasteiger partial charge in [-0.2, -0.15) is 0 Å². The number of hydrogen-bond donors (Lipinski definition) is 0. The molecule has 0 N–H and O–H groups in total. The van der Waals surface area contributed by atoms with Crippen molar-refractivity contribution in [3.63, 3.8) is 0 Å². The Bertz CT molecular complexity index is 1130. The molecule has 2 aliphatic heterocycles. The fraction of sp³-hybridized carbons (Fsp3) is 0.261. The molecule has 5 rings (SSSR count). The third kappa shape index (κ3) is 3.25. The Morgan fingerprint density at radius 1 is 0.966 bits per heavy atom. The van der Waals surface area contributed by atoms with E-state index in [9.17, 15) is 9.59 Å².